The monoisotopic (exact) mass is 632 g/mol. The number of alkyl carbamates (subject to hydrolysis) is 1. The van der Waals surface area contributed by atoms with Crippen molar-refractivity contribution in [2.24, 2.45) is 17.3 Å². The summed E-state index contributed by atoms with van der Waals surface area (Å²) in [6.45, 7) is 7.07. The summed E-state index contributed by atoms with van der Waals surface area (Å²) in [4.78, 5) is 50.5. The molecule has 45 heavy (non-hydrogen) atoms. The number of halogens is 2. The topological polar surface area (TPSA) is 129 Å². The van der Waals surface area contributed by atoms with Crippen LogP contribution in [0, 0.1) is 17.3 Å². The van der Waals surface area contributed by atoms with Crippen molar-refractivity contribution < 1.29 is 42.1 Å². The fourth-order valence-electron chi connectivity index (χ4n) is 6.39. The number of esters is 1. The number of methoxy groups -OCH3 is 2. The van der Waals surface area contributed by atoms with Crippen LogP contribution in [0.25, 0.3) is 11.0 Å². The molecule has 0 spiro atoms. The number of hydrogen-bond acceptors (Lipinski definition) is 9. The van der Waals surface area contributed by atoms with Gasteiger partial charge in [0.15, 0.2) is 5.69 Å². The summed E-state index contributed by atoms with van der Waals surface area (Å²) in [5, 5.41) is 2.74. The van der Waals surface area contributed by atoms with E-state index < -0.39 is 65.5 Å². The van der Waals surface area contributed by atoms with Crippen LogP contribution in [-0.2, 0) is 25.0 Å². The molecule has 2 bridgehead atoms. The average Bonchev–Trinajstić information content (AvgIpc) is 3.62. The number of carbonyl (C=O) groups excluding carboxylic acids is 3. The molecule has 1 aliphatic carbocycles. The highest BCUT2D eigenvalue weighted by Crippen LogP contribution is 2.43. The number of aromatic nitrogens is 2. The molecule has 5 rings (SSSR count). The van der Waals surface area contributed by atoms with Gasteiger partial charge >= 0.3 is 12.1 Å². The van der Waals surface area contributed by atoms with Gasteiger partial charge in [0.2, 0.25) is 11.8 Å². The Morgan fingerprint density at radius 1 is 1.11 bits per heavy atom. The molecule has 0 radical (unpaired) electrons. The number of nitrogens with one attached hydrogen (secondary N) is 1. The molecule has 6 atom stereocenters. The van der Waals surface area contributed by atoms with Crippen LogP contribution in [0.3, 0.4) is 0 Å². The first-order valence-electron chi connectivity index (χ1n) is 15.5. The Morgan fingerprint density at radius 2 is 1.87 bits per heavy atom. The van der Waals surface area contributed by atoms with Gasteiger partial charge < -0.3 is 29.2 Å². The van der Waals surface area contributed by atoms with Crippen LogP contribution in [0.15, 0.2) is 18.2 Å². The summed E-state index contributed by atoms with van der Waals surface area (Å²) in [6, 6.07) is 2.62. The molecule has 3 aliphatic rings. The third-order valence-electron chi connectivity index (χ3n) is 9.05. The van der Waals surface area contributed by atoms with Gasteiger partial charge in [0.25, 0.3) is 5.92 Å². The van der Waals surface area contributed by atoms with Gasteiger partial charge in [-0.3, -0.25) is 4.79 Å². The van der Waals surface area contributed by atoms with E-state index in [0.717, 1.165) is 0 Å². The molecular formula is C32H42F2N4O7. The standard InChI is InChI=1S/C32H42F2N4O7/c1-7-19-23-16-38(24(19)29(40)43-6)28(39)26(31(2,3)4)37-30(41)45-22-14-17(22)10-8-9-13-32(33,34)25-27(44-23)36-21-15-18(42-5)11-12-20(21)35-25/h11-12,15,17,19,22-24,26H,7-10,13-14,16H2,1-6H3,(H,37,41)/t17-,19+,22-,23-,24-,26+/m0/s1. The van der Waals surface area contributed by atoms with Gasteiger partial charge in [-0.2, -0.15) is 8.78 Å². The molecular weight excluding hydrogens is 590 g/mol. The first kappa shape index (κ1) is 32.6. The van der Waals surface area contributed by atoms with E-state index in [1.54, 1.807) is 39.0 Å². The zero-order valence-electron chi connectivity index (χ0n) is 26.6. The van der Waals surface area contributed by atoms with E-state index in [-0.39, 0.29) is 36.4 Å². The fourth-order valence-corrected chi connectivity index (χ4v) is 6.39. The molecule has 3 heterocycles. The highest BCUT2D eigenvalue weighted by Gasteiger charge is 2.53. The van der Waals surface area contributed by atoms with Crippen LogP contribution in [-0.4, -0.2) is 77.9 Å². The van der Waals surface area contributed by atoms with Gasteiger partial charge in [-0.1, -0.05) is 34.1 Å². The maximum atomic E-state index is 16.0. The van der Waals surface area contributed by atoms with E-state index in [0.29, 0.717) is 36.9 Å². The van der Waals surface area contributed by atoms with Crippen LogP contribution in [0.4, 0.5) is 13.6 Å². The van der Waals surface area contributed by atoms with Crippen molar-refractivity contribution >= 4 is 29.0 Å². The number of benzene rings is 1. The molecule has 1 saturated carbocycles. The largest absolute Gasteiger partial charge is 0.497 e. The number of alkyl halides is 2. The van der Waals surface area contributed by atoms with Crippen LogP contribution in [0.2, 0.25) is 0 Å². The Balaban J connectivity index is 1.60. The van der Waals surface area contributed by atoms with E-state index in [4.69, 9.17) is 18.9 Å². The van der Waals surface area contributed by atoms with Gasteiger partial charge in [-0.25, -0.2) is 19.6 Å². The Bertz CT molecular complexity index is 1450. The Labute approximate surface area is 261 Å². The van der Waals surface area contributed by atoms with Gasteiger partial charge in [-0.05, 0) is 49.1 Å². The predicted octanol–water partition coefficient (Wildman–Crippen LogP) is 4.99. The molecule has 1 aromatic carbocycles. The Kier molecular flexibility index (Phi) is 9.10. The second-order valence-corrected chi connectivity index (χ2v) is 13.3. The fraction of sp³-hybridized carbons (Fsp3) is 0.656. The molecule has 2 amide bonds. The molecule has 2 aromatic rings. The molecule has 11 nitrogen and oxygen atoms in total. The van der Waals surface area contributed by atoms with E-state index >= 15 is 8.78 Å². The molecule has 1 N–H and O–H groups in total. The average molecular weight is 633 g/mol. The lowest BCUT2D eigenvalue weighted by atomic mass is 9.85. The van der Waals surface area contributed by atoms with E-state index in [9.17, 15) is 14.4 Å². The number of hydrogen-bond donors (Lipinski definition) is 1. The Morgan fingerprint density at radius 3 is 2.53 bits per heavy atom. The van der Waals surface area contributed by atoms with Gasteiger partial charge in [0.1, 0.15) is 30.0 Å². The first-order valence-corrected chi connectivity index (χ1v) is 15.5. The smallest absolute Gasteiger partial charge is 0.408 e. The lowest BCUT2D eigenvalue weighted by Gasteiger charge is -2.35. The molecule has 1 saturated heterocycles. The lowest BCUT2D eigenvalue weighted by Crippen LogP contribution is -2.57. The van der Waals surface area contributed by atoms with Crippen molar-refractivity contribution in [3.8, 4) is 11.6 Å². The third-order valence-corrected chi connectivity index (χ3v) is 9.05. The number of amides is 2. The minimum Gasteiger partial charge on any atom is -0.497 e. The van der Waals surface area contributed by atoms with Crippen molar-refractivity contribution in [1.29, 1.82) is 0 Å². The van der Waals surface area contributed by atoms with Crippen molar-refractivity contribution in [2.75, 3.05) is 20.8 Å². The second kappa shape index (κ2) is 12.6. The summed E-state index contributed by atoms with van der Waals surface area (Å²) < 4.78 is 54.2. The molecule has 2 aliphatic heterocycles. The Hall–Kier alpha value is -3.77. The minimum absolute atomic E-state index is 0.0646. The molecule has 13 heteroatoms. The third kappa shape index (κ3) is 6.76. The zero-order valence-corrected chi connectivity index (χ0v) is 26.6. The summed E-state index contributed by atoms with van der Waals surface area (Å²) in [5.74, 6) is -5.05. The van der Waals surface area contributed by atoms with Crippen molar-refractivity contribution in [3.63, 3.8) is 0 Å². The number of rotatable bonds is 3. The number of ether oxygens (including phenoxy) is 4. The van der Waals surface area contributed by atoms with E-state index in [1.165, 1.54) is 19.1 Å². The highest BCUT2D eigenvalue weighted by atomic mass is 19.3. The number of fused-ring (bicyclic) bond motifs is 5. The summed E-state index contributed by atoms with van der Waals surface area (Å²) >= 11 is 0. The molecule has 246 valence electrons. The first-order chi connectivity index (χ1) is 21.3. The quantitative estimate of drug-likeness (QED) is 0.465. The lowest BCUT2D eigenvalue weighted by molar-refractivity contribution is -0.154. The second-order valence-electron chi connectivity index (χ2n) is 13.3. The van der Waals surface area contributed by atoms with Crippen LogP contribution in [0.1, 0.15) is 71.9 Å². The summed E-state index contributed by atoms with van der Waals surface area (Å²) in [6.07, 6.45) is -0.136. The number of nitrogens with zero attached hydrogens (tertiary/aromatic N) is 3. The van der Waals surface area contributed by atoms with Gasteiger partial charge in [0.05, 0.1) is 31.8 Å². The van der Waals surface area contributed by atoms with Gasteiger partial charge in [0, 0.05) is 18.4 Å². The van der Waals surface area contributed by atoms with Crippen molar-refractivity contribution in [1.82, 2.24) is 20.2 Å². The van der Waals surface area contributed by atoms with Crippen LogP contribution >= 0.6 is 0 Å². The summed E-state index contributed by atoms with van der Waals surface area (Å²) in [5.41, 5.74) is -0.809. The SMILES string of the molecule is CC[C@@H]1[C@@H]2CN(C(=O)[C@H](C(C)(C)C)NC(=O)O[C@H]3C[C@@H]3CCCCC(F)(F)c3nc4ccc(OC)cc4nc3O2)[C@@H]1C(=O)OC. The normalized spacial score (nSPS) is 28.8. The molecule has 1 aromatic heterocycles. The van der Waals surface area contributed by atoms with Crippen LogP contribution in [0.5, 0.6) is 11.6 Å². The van der Waals surface area contributed by atoms with Crippen molar-refractivity contribution in [3.05, 3.63) is 23.9 Å². The maximum absolute atomic E-state index is 16.0. The maximum Gasteiger partial charge on any atom is 0.408 e. The minimum atomic E-state index is -3.38. The predicted molar refractivity (Wildman–Crippen MR) is 159 cm³/mol. The number of carbonyl (C=O) groups is 3. The van der Waals surface area contributed by atoms with Gasteiger partial charge in [-0.15, -0.1) is 0 Å². The summed E-state index contributed by atoms with van der Waals surface area (Å²) in [7, 11) is 2.71. The molecule has 0 unspecified atom stereocenters. The van der Waals surface area contributed by atoms with E-state index in [2.05, 4.69) is 15.3 Å². The van der Waals surface area contributed by atoms with Crippen LogP contribution < -0.4 is 14.8 Å². The zero-order chi connectivity index (χ0) is 32.7. The molecule has 2 fully saturated rings. The van der Waals surface area contributed by atoms with Crippen molar-refractivity contribution in [2.45, 2.75) is 96.4 Å². The van der Waals surface area contributed by atoms with E-state index in [1.807, 2.05) is 6.92 Å². The highest BCUT2D eigenvalue weighted by molar-refractivity contribution is 5.91.